The molecule has 0 aliphatic heterocycles. The van der Waals surface area contributed by atoms with Crippen molar-refractivity contribution in [1.82, 2.24) is 14.8 Å². The molecule has 2 atom stereocenters. The van der Waals surface area contributed by atoms with Gasteiger partial charge in [0, 0.05) is 17.8 Å². The largest absolute Gasteiger partial charge is 0.496 e. The minimum atomic E-state index is -0.624. The quantitative estimate of drug-likeness (QED) is 0.505. The summed E-state index contributed by atoms with van der Waals surface area (Å²) in [5, 5.41) is 20.2. The van der Waals surface area contributed by atoms with Crippen LogP contribution in [0.3, 0.4) is 0 Å². The number of nitrogens with zero attached hydrogens (tertiary/aromatic N) is 3. The Morgan fingerprint density at radius 2 is 1.86 bits per heavy atom. The standard InChI is InChI=1S/C21H24ClN3O3S/c1-14(15-8-10-16(22)11-9-15)28-12-17(26)13-29-21-24-23-20(25(21)2)18-6-4-5-7-19(18)27-3/h4-11,14,17,26H,12-13H2,1-3H3. The number of ether oxygens (including phenoxy) is 2. The van der Waals surface area contributed by atoms with Gasteiger partial charge in [0.1, 0.15) is 5.75 Å². The van der Waals surface area contributed by atoms with E-state index in [0.29, 0.717) is 16.6 Å². The predicted molar refractivity (Wildman–Crippen MR) is 116 cm³/mol. The minimum Gasteiger partial charge on any atom is -0.496 e. The average molecular weight is 434 g/mol. The zero-order valence-corrected chi connectivity index (χ0v) is 18.2. The van der Waals surface area contributed by atoms with E-state index in [1.54, 1.807) is 7.11 Å². The third kappa shape index (κ3) is 5.51. The van der Waals surface area contributed by atoms with Gasteiger partial charge in [0.05, 0.1) is 31.5 Å². The van der Waals surface area contributed by atoms with Gasteiger partial charge in [0.25, 0.3) is 0 Å². The van der Waals surface area contributed by atoms with Crippen molar-refractivity contribution in [2.75, 3.05) is 19.5 Å². The van der Waals surface area contributed by atoms with Gasteiger partial charge in [-0.1, -0.05) is 47.6 Å². The van der Waals surface area contributed by atoms with Crippen LogP contribution >= 0.6 is 23.4 Å². The van der Waals surface area contributed by atoms with Gasteiger partial charge in [0.2, 0.25) is 0 Å². The molecule has 2 unspecified atom stereocenters. The molecule has 0 aliphatic rings. The van der Waals surface area contributed by atoms with Crippen molar-refractivity contribution in [3.8, 4) is 17.1 Å². The van der Waals surface area contributed by atoms with Crippen LogP contribution in [0.1, 0.15) is 18.6 Å². The van der Waals surface area contributed by atoms with E-state index in [2.05, 4.69) is 10.2 Å². The maximum atomic E-state index is 10.3. The molecule has 0 saturated carbocycles. The van der Waals surface area contributed by atoms with Crippen molar-refractivity contribution in [2.24, 2.45) is 7.05 Å². The van der Waals surface area contributed by atoms with Gasteiger partial charge in [0.15, 0.2) is 11.0 Å². The number of benzene rings is 2. The first-order valence-corrected chi connectivity index (χ1v) is 10.6. The molecule has 1 N–H and O–H groups in total. The summed E-state index contributed by atoms with van der Waals surface area (Å²) in [7, 11) is 3.53. The van der Waals surface area contributed by atoms with E-state index >= 15 is 0 Å². The lowest BCUT2D eigenvalue weighted by Gasteiger charge is -2.16. The normalized spacial score (nSPS) is 13.3. The van der Waals surface area contributed by atoms with Crippen molar-refractivity contribution < 1.29 is 14.6 Å². The third-order valence-corrected chi connectivity index (χ3v) is 5.88. The number of hydrogen-bond donors (Lipinski definition) is 1. The van der Waals surface area contributed by atoms with E-state index in [9.17, 15) is 5.11 Å². The first kappa shape index (κ1) is 21.6. The van der Waals surface area contributed by atoms with E-state index < -0.39 is 6.10 Å². The smallest absolute Gasteiger partial charge is 0.191 e. The summed E-state index contributed by atoms with van der Waals surface area (Å²) in [6, 6.07) is 15.2. The molecule has 1 aromatic heterocycles. The van der Waals surface area contributed by atoms with Crippen molar-refractivity contribution in [3.05, 3.63) is 59.1 Å². The molecule has 0 amide bonds. The Bertz CT molecular complexity index is 933. The van der Waals surface area contributed by atoms with Crippen LogP contribution in [0.5, 0.6) is 5.75 Å². The molecule has 3 aromatic rings. The van der Waals surface area contributed by atoms with Crippen LogP contribution in [0.15, 0.2) is 53.7 Å². The number of halogens is 1. The molecular weight excluding hydrogens is 410 g/mol. The lowest BCUT2D eigenvalue weighted by molar-refractivity contribution is 0.00621. The second-order valence-corrected chi connectivity index (χ2v) is 7.98. The Kier molecular flexibility index (Phi) is 7.55. The Morgan fingerprint density at radius 3 is 2.59 bits per heavy atom. The first-order chi connectivity index (χ1) is 14.0. The zero-order chi connectivity index (χ0) is 20.8. The molecule has 2 aromatic carbocycles. The number of hydrogen-bond acceptors (Lipinski definition) is 6. The van der Waals surface area contributed by atoms with Crippen molar-refractivity contribution in [2.45, 2.75) is 24.3 Å². The highest BCUT2D eigenvalue weighted by Gasteiger charge is 2.17. The molecule has 0 spiro atoms. The molecule has 0 fully saturated rings. The maximum Gasteiger partial charge on any atom is 0.191 e. The summed E-state index contributed by atoms with van der Waals surface area (Å²) in [5.41, 5.74) is 1.89. The Labute approximate surface area is 179 Å². The van der Waals surface area contributed by atoms with Crippen LogP contribution in [-0.4, -0.2) is 45.4 Å². The van der Waals surface area contributed by atoms with Crippen LogP contribution in [0.25, 0.3) is 11.4 Å². The monoisotopic (exact) mass is 433 g/mol. The molecule has 3 rings (SSSR count). The Morgan fingerprint density at radius 1 is 1.14 bits per heavy atom. The fraction of sp³-hybridized carbons (Fsp3) is 0.333. The number of para-hydroxylation sites is 1. The van der Waals surface area contributed by atoms with Crippen LogP contribution in [-0.2, 0) is 11.8 Å². The number of methoxy groups -OCH3 is 1. The zero-order valence-electron chi connectivity index (χ0n) is 16.6. The number of aliphatic hydroxyl groups is 1. The Hall–Kier alpha value is -2.06. The Balaban J connectivity index is 1.55. The molecule has 8 heteroatoms. The summed E-state index contributed by atoms with van der Waals surface area (Å²) in [5.74, 6) is 1.90. The highest BCUT2D eigenvalue weighted by molar-refractivity contribution is 7.99. The second-order valence-electron chi connectivity index (χ2n) is 6.56. The number of aliphatic hydroxyl groups excluding tert-OH is 1. The van der Waals surface area contributed by atoms with Gasteiger partial charge in [-0.3, -0.25) is 0 Å². The fourth-order valence-corrected chi connectivity index (χ4v) is 3.75. The summed E-state index contributed by atoms with van der Waals surface area (Å²) in [6.45, 7) is 2.18. The van der Waals surface area contributed by atoms with Crippen LogP contribution in [0.4, 0.5) is 0 Å². The van der Waals surface area contributed by atoms with E-state index in [1.807, 2.05) is 67.1 Å². The van der Waals surface area contributed by atoms with E-state index in [4.69, 9.17) is 21.1 Å². The molecule has 6 nitrogen and oxygen atoms in total. The van der Waals surface area contributed by atoms with Crippen molar-refractivity contribution >= 4 is 23.4 Å². The lowest BCUT2D eigenvalue weighted by atomic mass is 10.1. The number of thioether (sulfide) groups is 1. The van der Waals surface area contributed by atoms with E-state index in [1.165, 1.54) is 11.8 Å². The summed E-state index contributed by atoms with van der Waals surface area (Å²) in [6.07, 6.45) is -0.750. The van der Waals surface area contributed by atoms with Gasteiger partial charge in [-0.05, 0) is 36.8 Å². The van der Waals surface area contributed by atoms with E-state index in [-0.39, 0.29) is 12.7 Å². The summed E-state index contributed by atoms with van der Waals surface area (Å²) in [4.78, 5) is 0. The lowest BCUT2D eigenvalue weighted by Crippen LogP contribution is -2.19. The highest BCUT2D eigenvalue weighted by atomic mass is 35.5. The number of aromatic nitrogens is 3. The molecule has 0 bridgehead atoms. The second kappa shape index (κ2) is 10.1. The van der Waals surface area contributed by atoms with Gasteiger partial charge in [-0.15, -0.1) is 10.2 Å². The van der Waals surface area contributed by atoms with Crippen LogP contribution < -0.4 is 4.74 Å². The molecule has 154 valence electrons. The topological polar surface area (TPSA) is 69.4 Å². The summed E-state index contributed by atoms with van der Waals surface area (Å²) >= 11 is 7.34. The van der Waals surface area contributed by atoms with Crippen LogP contribution in [0, 0.1) is 0 Å². The number of rotatable bonds is 9. The average Bonchev–Trinajstić information content (AvgIpc) is 3.11. The summed E-state index contributed by atoms with van der Waals surface area (Å²) < 4.78 is 13.1. The molecule has 0 saturated heterocycles. The van der Waals surface area contributed by atoms with Gasteiger partial charge in [-0.2, -0.15) is 0 Å². The fourth-order valence-electron chi connectivity index (χ4n) is 2.81. The first-order valence-electron chi connectivity index (χ1n) is 9.20. The molecular formula is C21H24ClN3O3S. The van der Waals surface area contributed by atoms with Gasteiger partial charge in [-0.25, -0.2) is 0 Å². The van der Waals surface area contributed by atoms with Gasteiger partial charge >= 0.3 is 0 Å². The minimum absolute atomic E-state index is 0.126. The molecule has 29 heavy (non-hydrogen) atoms. The third-order valence-electron chi connectivity index (χ3n) is 4.47. The van der Waals surface area contributed by atoms with Gasteiger partial charge < -0.3 is 19.1 Å². The molecule has 1 heterocycles. The van der Waals surface area contributed by atoms with Crippen molar-refractivity contribution in [1.29, 1.82) is 0 Å². The van der Waals surface area contributed by atoms with Crippen LogP contribution in [0.2, 0.25) is 5.02 Å². The van der Waals surface area contributed by atoms with E-state index in [0.717, 1.165) is 22.0 Å². The molecule has 0 radical (unpaired) electrons. The van der Waals surface area contributed by atoms with Crippen molar-refractivity contribution in [3.63, 3.8) is 0 Å². The molecule has 0 aliphatic carbocycles. The maximum absolute atomic E-state index is 10.3. The SMILES string of the molecule is COc1ccccc1-c1nnc(SCC(O)COC(C)c2ccc(Cl)cc2)n1C. The predicted octanol–water partition coefficient (Wildman–Crippen LogP) is 4.37. The highest BCUT2D eigenvalue weighted by Crippen LogP contribution is 2.30.